The quantitative estimate of drug-likeness (QED) is 0.872. The van der Waals surface area contributed by atoms with Crippen LogP contribution in [0.1, 0.15) is 46.4 Å². The number of rotatable bonds is 6. The lowest BCUT2D eigenvalue weighted by atomic mass is 10.0. The molecule has 2 aromatic carbocycles. The lowest BCUT2D eigenvalue weighted by molar-refractivity contribution is 0.0935. The fourth-order valence-corrected chi connectivity index (χ4v) is 3.31. The van der Waals surface area contributed by atoms with Crippen molar-refractivity contribution in [3.8, 4) is 0 Å². The van der Waals surface area contributed by atoms with Gasteiger partial charge in [-0.15, -0.1) is 0 Å². The van der Waals surface area contributed by atoms with E-state index < -0.39 is 9.84 Å². The van der Waals surface area contributed by atoms with Crippen LogP contribution in [0.4, 0.5) is 0 Å². The van der Waals surface area contributed by atoms with Gasteiger partial charge >= 0.3 is 0 Å². The fourth-order valence-electron chi connectivity index (χ4n) is 2.52. The molecule has 2 aromatic rings. The molecule has 0 aromatic heterocycles. The molecule has 0 fully saturated rings. The highest BCUT2D eigenvalue weighted by atomic mass is 32.2. The second kappa shape index (κ2) is 7.62. The summed E-state index contributed by atoms with van der Waals surface area (Å²) in [7, 11) is -3.07. The monoisotopic (exact) mass is 345 g/mol. The van der Waals surface area contributed by atoms with E-state index in [1.165, 1.54) is 11.8 Å². The first-order chi connectivity index (χ1) is 11.3. The first-order valence-electron chi connectivity index (χ1n) is 7.92. The standard InChI is InChI=1S/C19H23NO3S/c1-4-18(16-9-5-14(2)6-10-16)20-19(21)17-11-7-15(8-12-17)13-24(3,22)23/h5-12,18H,4,13H2,1-3H3,(H,20,21)/t18-/m0/s1. The third kappa shape index (κ3) is 5.20. The van der Waals surface area contributed by atoms with Crippen molar-refractivity contribution in [3.05, 3.63) is 70.8 Å². The van der Waals surface area contributed by atoms with E-state index in [0.717, 1.165) is 12.0 Å². The average Bonchev–Trinajstić information content (AvgIpc) is 2.52. The normalized spacial score (nSPS) is 12.6. The van der Waals surface area contributed by atoms with Gasteiger partial charge in [0.05, 0.1) is 11.8 Å². The van der Waals surface area contributed by atoms with Gasteiger partial charge in [-0.25, -0.2) is 8.42 Å². The van der Waals surface area contributed by atoms with Crippen molar-refractivity contribution in [1.29, 1.82) is 0 Å². The number of amides is 1. The second-order valence-electron chi connectivity index (χ2n) is 6.11. The van der Waals surface area contributed by atoms with E-state index in [1.807, 2.05) is 38.1 Å². The number of benzene rings is 2. The first kappa shape index (κ1) is 18.2. The molecule has 5 heteroatoms. The van der Waals surface area contributed by atoms with Crippen LogP contribution in [-0.4, -0.2) is 20.6 Å². The molecule has 0 unspecified atom stereocenters. The van der Waals surface area contributed by atoms with Crippen LogP contribution < -0.4 is 5.32 Å². The second-order valence-corrected chi connectivity index (χ2v) is 8.25. The van der Waals surface area contributed by atoms with Gasteiger partial charge in [0.2, 0.25) is 0 Å². The summed E-state index contributed by atoms with van der Waals surface area (Å²) in [5.41, 5.74) is 3.46. The zero-order valence-electron chi connectivity index (χ0n) is 14.2. The molecule has 0 aliphatic rings. The molecule has 24 heavy (non-hydrogen) atoms. The lowest BCUT2D eigenvalue weighted by Gasteiger charge is -2.18. The Morgan fingerprint density at radius 1 is 1.04 bits per heavy atom. The zero-order valence-corrected chi connectivity index (χ0v) is 15.1. The molecule has 0 aliphatic carbocycles. The summed E-state index contributed by atoms with van der Waals surface area (Å²) in [6.45, 7) is 4.06. The van der Waals surface area contributed by atoms with Crippen LogP contribution in [0.15, 0.2) is 48.5 Å². The predicted molar refractivity (Wildman–Crippen MR) is 96.7 cm³/mol. The molecule has 128 valence electrons. The van der Waals surface area contributed by atoms with Gasteiger partial charge < -0.3 is 5.32 Å². The Hall–Kier alpha value is -2.14. The maximum absolute atomic E-state index is 12.4. The van der Waals surface area contributed by atoms with E-state index in [1.54, 1.807) is 24.3 Å². The minimum atomic E-state index is -3.07. The van der Waals surface area contributed by atoms with Gasteiger partial charge in [0.1, 0.15) is 0 Å². The Bertz CT molecular complexity index is 794. The summed E-state index contributed by atoms with van der Waals surface area (Å²) in [4.78, 5) is 12.4. The highest BCUT2D eigenvalue weighted by Gasteiger charge is 2.14. The number of sulfone groups is 1. The van der Waals surface area contributed by atoms with Crippen molar-refractivity contribution in [2.45, 2.75) is 32.1 Å². The van der Waals surface area contributed by atoms with Crippen LogP contribution in [0.3, 0.4) is 0 Å². The van der Waals surface area contributed by atoms with Crippen molar-refractivity contribution < 1.29 is 13.2 Å². The highest BCUT2D eigenvalue weighted by Crippen LogP contribution is 2.18. The number of hydrogen-bond acceptors (Lipinski definition) is 3. The fraction of sp³-hybridized carbons (Fsp3) is 0.316. The maximum Gasteiger partial charge on any atom is 0.251 e. The average molecular weight is 345 g/mol. The molecular formula is C19H23NO3S. The van der Waals surface area contributed by atoms with Crippen LogP contribution in [0.5, 0.6) is 0 Å². The minimum absolute atomic E-state index is 0.0180. The van der Waals surface area contributed by atoms with Crippen LogP contribution in [0.2, 0.25) is 0 Å². The van der Waals surface area contributed by atoms with E-state index in [-0.39, 0.29) is 17.7 Å². The Balaban J connectivity index is 2.09. The lowest BCUT2D eigenvalue weighted by Crippen LogP contribution is -2.28. The van der Waals surface area contributed by atoms with Crippen molar-refractivity contribution in [2.24, 2.45) is 0 Å². The van der Waals surface area contributed by atoms with Gasteiger partial charge in [0, 0.05) is 11.8 Å². The molecule has 0 saturated carbocycles. The van der Waals surface area contributed by atoms with Crippen LogP contribution in [0, 0.1) is 6.92 Å². The van der Waals surface area contributed by atoms with E-state index in [4.69, 9.17) is 0 Å². The van der Waals surface area contributed by atoms with E-state index >= 15 is 0 Å². The summed E-state index contributed by atoms with van der Waals surface area (Å²) >= 11 is 0. The number of hydrogen-bond donors (Lipinski definition) is 1. The Kier molecular flexibility index (Phi) is 5.78. The smallest absolute Gasteiger partial charge is 0.251 e. The molecule has 0 aliphatic heterocycles. The van der Waals surface area contributed by atoms with Crippen molar-refractivity contribution in [2.75, 3.05) is 6.26 Å². The van der Waals surface area contributed by atoms with Crippen molar-refractivity contribution in [1.82, 2.24) is 5.32 Å². The van der Waals surface area contributed by atoms with Crippen LogP contribution in [-0.2, 0) is 15.6 Å². The van der Waals surface area contributed by atoms with E-state index in [2.05, 4.69) is 5.32 Å². The van der Waals surface area contributed by atoms with E-state index in [0.29, 0.717) is 11.1 Å². The molecule has 1 amide bonds. The SMILES string of the molecule is CC[C@H](NC(=O)c1ccc(CS(C)(=O)=O)cc1)c1ccc(C)cc1. The molecule has 0 heterocycles. The molecule has 1 N–H and O–H groups in total. The Morgan fingerprint density at radius 2 is 1.62 bits per heavy atom. The molecule has 1 atom stereocenters. The van der Waals surface area contributed by atoms with Gasteiger partial charge in [-0.3, -0.25) is 4.79 Å². The third-order valence-corrected chi connectivity index (χ3v) is 4.70. The maximum atomic E-state index is 12.4. The molecule has 0 bridgehead atoms. The Labute approximate surface area is 143 Å². The van der Waals surface area contributed by atoms with Gasteiger partial charge in [-0.2, -0.15) is 0 Å². The zero-order chi connectivity index (χ0) is 17.7. The van der Waals surface area contributed by atoms with Gasteiger partial charge in [0.15, 0.2) is 9.84 Å². The van der Waals surface area contributed by atoms with Crippen LogP contribution >= 0.6 is 0 Å². The van der Waals surface area contributed by atoms with Crippen molar-refractivity contribution >= 4 is 15.7 Å². The topological polar surface area (TPSA) is 63.2 Å². The number of aryl methyl sites for hydroxylation is 1. The van der Waals surface area contributed by atoms with Gasteiger partial charge in [-0.05, 0) is 36.6 Å². The number of carbonyl (C=O) groups is 1. The molecule has 0 saturated heterocycles. The molecule has 0 radical (unpaired) electrons. The largest absolute Gasteiger partial charge is 0.345 e. The summed E-state index contributed by atoms with van der Waals surface area (Å²) < 4.78 is 22.6. The van der Waals surface area contributed by atoms with E-state index in [9.17, 15) is 13.2 Å². The molecule has 4 nitrogen and oxygen atoms in total. The van der Waals surface area contributed by atoms with Gasteiger partial charge in [-0.1, -0.05) is 48.9 Å². The summed E-state index contributed by atoms with van der Waals surface area (Å²) in [6, 6.07) is 14.8. The first-order valence-corrected chi connectivity index (χ1v) is 9.98. The highest BCUT2D eigenvalue weighted by molar-refractivity contribution is 7.89. The molecule has 0 spiro atoms. The minimum Gasteiger partial charge on any atom is -0.345 e. The predicted octanol–water partition coefficient (Wildman–Crippen LogP) is 3.42. The summed E-state index contributed by atoms with van der Waals surface area (Å²) in [5, 5.41) is 3.03. The number of nitrogens with one attached hydrogen (secondary N) is 1. The van der Waals surface area contributed by atoms with Crippen LogP contribution in [0.25, 0.3) is 0 Å². The third-order valence-electron chi connectivity index (χ3n) is 3.84. The summed E-state index contributed by atoms with van der Waals surface area (Å²) in [5.74, 6) is -0.177. The Morgan fingerprint density at radius 3 is 2.12 bits per heavy atom. The van der Waals surface area contributed by atoms with Gasteiger partial charge in [0.25, 0.3) is 5.91 Å². The molecule has 2 rings (SSSR count). The number of carbonyl (C=O) groups excluding carboxylic acids is 1. The molecular weight excluding hydrogens is 322 g/mol. The summed E-state index contributed by atoms with van der Waals surface area (Å²) in [6.07, 6.45) is 1.99. The van der Waals surface area contributed by atoms with Crippen molar-refractivity contribution in [3.63, 3.8) is 0 Å².